The van der Waals surface area contributed by atoms with Gasteiger partial charge >= 0.3 is 6.18 Å². The smallest absolute Gasteiger partial charge is 0.398 e. The molecular formula is C18H19ClF3N3O. The van der Waals surface area contributed by atoms with Crippen LogP contribution in [0.2, 0.25) is 0 Å². The average Bonchev–Trinajstić information content (AvgIpc) is 2.55. The standard InChI is InChI=1S/C18H18F3N3O.ClH/c19-18(20,21)13-6-1-2-8-15(13)23-17(25)11-24-10-4-5-12-14(22)7-3-9-16(12)24;/h1-3,6-9H,4-5,10-11,22H2,(H,23,25);1H. The minimum Gasteiger partial charge on any atom is -0.398 e. The van der Waals surface area contributed by atoms with Crippen molar-refractivity contribution >= 4 is 35.4 Å². The number of anilines is 3. The lowest BCUT2D eigenvalue weighted by molar-refractivity contribution is -0.137. The van der Waals surface area contributed by atoms with Crippen LogP contribution in [0.3, 0.4) is 0 Å². The zero-order chi connectivity index (χ0) is 18.0. The van der Waals surface area contributed by atoms with Crippen LogP contribution < -0.4 is 16.0 Å². The first-order valence-electron chi connectivity index (χ1n) is 7.94. The number of nitrogens with one attached hydrogen (secondary N) is 1. The zero-order valence-corrected chi connectivity index (χ0v) is 14.7. The van der Waals surface area contributed by atoms with E-state index in [2.05, 4.69) is 5.32 Å². The minimum absolute atomic E-state index is 0. The number of amides is 1. The number of carbonyl (C=O) groups excluding carboxylic acids is 1. The normalized spacial score (nSPS) is 13.6. The average molecular weight is 386 g/mol. The summed E-state index contributed by atoms with van der Waals surface area (Å²) in [5, 5.41) is 2.38. The van der Waals surface area contributed by atoms with E-state index in [1.807, 2.05) is 23.1 Å². The van der Waals surface area contributed by atoms with Crippen molar-refractivity contribution in [2.45, 2.75) is 19.0 Å². The van der Waals surface area contributed by atoms with Crippen LogP contribution in [0.15, 0.2) is 42.5 Å². The minimum atomic E-state index is -4.52. The molecule has 0 fully saturated rings. The lowest BCUT2D eigenvalue weighted by atomic mass is 10.00. The van der Waals surface area contributed by atoms with E-state index in [1.165, 1.54) is 18.2 Å². The van der Waals surface area contributed by atoms with Crippen molar-refractivity contribution in [1.82, 2.24) is 0 Å². The maximum absolute atomic E-state index is 13.0. The topological polar surface area (TPSA) is 58.4 Å². The summed E-state index contributed by atoms with van der Waals surface area (Å²) in [5.41, 5.74) is 7.41. The molecule has 1 aliphatic rings. The molecule has 140 valence electrons. The number of rotatable bonds is 3. The fourth-order valence-electron chi connectivity index (χ4n) is 3.09. The van der Waals surface area contributed by atoms with E-state index in [-0.39, 0.29) is 24.6 Å². The van der Waals surface area contributed by atoms with Crippen molar-refractivity contribution in [3.8, 4) is 0 Å². The monoisotopic (exact) mass is 385 g/mol. The second-order valence-electron chi connectivity index (χ2n) is 5.96. The predicted molar refractivity (Wildman–Crippen MR) is 98.7 cm³/mol. The predicted octanol–water partition coefficient (Wildman–Crippen LogP) is 4.10. The quantitative estimate of drug-likeness (QED) is 0.782. The summed E-state index contributed by atoms with van der Waals surface area (Å²) < 4.78 is 39.1. The highest BCUT2D eigenvalue weighted by molar-refractivity contribution is 5.95. The van der Waals surface area contributed by atoms with E-state index in [0.717, 1.165) is 30.2 Å². The summed E-state index contributed by atoms with van der Waals surface area (Å²) in [6.45, 7) is 0.632. The molecule has 1 amide bonds. The van der Waals surface area contributed by atoms with E-state index >= 15 is 0 Å². The largest absolute Gasteiger partial charge is 0.418 e. The van der Waals surface area contributed by atoms with E-state index in [1.54, 1.807) is 0 Å². The number of alkyl halides is 3. The highest BCUT2D eigenvalue weighted by Gasteiger charge is 2.33. The van der Waals surface area contributed by atoms with Crippen molar-refractivity contribution in [1.29, 1.82) is 0 Å². The van der Waals surface area contributed by atoms with Gasteiger partial charge in [0.05, 0.1) is 17.8 Å². The molecule has 1 aliphatic heterocycles. The molecule has 0 atom stereocenters. The Morgan fingerprint density at radius 2 is 1.88 bits per heavy atom. The number of para-hydroxylation sites is 1. The van der Waals surface area contributed by atoms with E-state index in [4.69, 9.17) is 5.73 Å². The Hall–Kier alpha value is -2.41. The van der Waals surface area contributed by atoms with Gasteiger partial charge in [0.1, 0.15) is 0 Å². The van der Waals surface area contributed by atoms with E-state index in [9.17, 15) is 18.0 Å². The van der Waals surface area contributed by atoms with Crippen molar-refractivity contribution in [3.05, 3.63) is 53.6 Å². The number of nitrogen functional groups attached to an aromatic ring is 1. The molecule has 8 heteroatoms. The van der Waals surface area contributed by atoms with Crippen molar-refractivity contribution < 1.29 is 18.0 Å². The number of fused-ring (bicyclic) bond motifs is 1. The van der Waals surface area contributed by atoms with Crippen LogP contribution in [-0.4, -0.2) is 19.0 Å². The molecular weight excluding hydrogens is 367 g/mol. The van der Waals surface area contributed by atoms with Crippen LogP contribution in [0.1, 0.15) is 17.5 Å². The Morgan fingerprint density at radius 1 is 1.15 bits per heavy atom. The fraction of sp³-hybridized carbons (Fsp3) is 0.278. The zero-order valence-electron chi connectivity index (χ0n) is 13.8. The van der Waals surface area contributed by atoms with Crippen LogP contribution in [0.4, 0.5) is 30.2 Å². The molecule has 26 heavy (non-hydrogen) atoms. The summed E-state index contributed by atoms with van der Waals surface area (Å²) in [5.74, 6) is -0.494. The molecule has 0 bridgehead atoms. The first-order valence-corrected chi connectivity index (χ1v) is 7.94. The fourth-order valence-corrected chi connectivity index (χ4v) is 3.09. The Kier molecular flexibility index (Phi) is 6.02. The molecule has 3 rings (SSSR count). The van der Waals surface area contributed by atoms with Crippen molar-refractivity contribution in [3.63, 3.8) is 0 Å². The summed E-state index contributed by atoms with van der Waals surface area (Å²) >= 11 is 0. The number of benzene rings is 2. The van der Waals surface area contributed by atoms with Gasteiger partial charge in [-0.2, -0.15) is 13.2 Å². The van der Waals surface area contributed by atoms with Crippen molar-refractivity contribution in [2.24, 2.45) is 0 Å². The molecule has 0 saturated heterocycles. The SMILES string of the molecule is Cl.Nc1cccc2c1CCCN2CC(=O)Nc1ccccc1C(F)(F)F. The first-order chi connectivity index (χ1) is 11.9. The van der Waals surface area contributed by atoms with Crippen LogP contribution in [0.5, 0.6) is 0 Å². The summed E-state index contributed by atoms with van der Waals surface area (Å²) in [6, 6.07) is 10.5. The van der Waals surface area contributed by atoms with Gasteiger partial charge in [0.2, 0.25) is 5.91 Å². The van der Waals surface area contributed by atoms with Gasteiger partial charge in [-0.3, -0.25) is 4.79 Å². The van der Waals surface area contributed by atoms with E-state index < -0.39 is 17.6 Å². The van der Waals surface area contributed by atoms with Gasteiger partial charge in [-0.25, -0.2) is 0 Å². The van der Waals surface area contributed by atoms with Gasteiger partial charge in [-0.05, 0) is 42.7 Å². The highest BCUT2D eigenvalue weighted by atomic mass is 35.5. The Morgan fingerprint density at radius 3 is 2.62 bits per heavy atom. The molecule has 0 aromatic heterocycles. The van der Waals surface area contributed by atoms with Crippen LogP contribution >= 0.6 is 12.4 Å². The molecule has 0 radical (unpaired) electrons. The number of hydrogen-bond donors (Lipinski definition) is 2. The molecule has 4 nitrogen and oxygen atoms in total. The van der Waals surface area contributed by atoms with Gasteiger partial charge in [0.25, 0.3) is 0 Å². The molecule has 0 saturated carbocycles. The summed E-state index contributed by atoms with van der Waals surface area (Å²) in [4.78, 5) is 14.2. The number of hydrogen-bond acceptors (Lipinski definition) is 3. The van der Waals surface area contributed by atoms with Gasteiger partial charge in [-0.15, -0.1) is 12.4 Å². The number of halogens is 4. The summed E-state index contributed by atoms with van der Waals surface area (Å²) in [6.07, 6.45) is -2.85. The van der Waals surface area contributed by atoms with Crippen LogP contribution in [0.25, 0.3) is 0 Å². The molecule has 0 aliphatic carbocycles. The molecule has 0 spiro atoms. The third-order valence-electron chi connectivity index (χ3n) is 4.22. The maximum atomic E-state index is 13.0. The number of carbonyl (C=O) groups is 1. The van der Waals surface area contributed by atoms with Gasteiger partial charge in [0.15, 0.2) is 0 Å². The highest BCUT2D eigenvalue weighted by Crippen LogP contribution is 2.35. The molecule has 3 N–H and O–H groups in total. The number of nitrogens with zero attached hydrogens (tertiary/aromatic N) is 1. The number of nitrogens with two attached hydrogens (primary N) is 1. The molecule has 0 unspecified atom stereocenters. The molecule has 2 aromatic rings. The Bertz CT molecular complexity index is 795. The second-order valence-corrected chi connectivity index (χ2v) is 5.96. The van der Waals surface area contributed by atoms with Gasteiger partial charge < -0.3 is 16.0 Å². The van der Waals surface area contributed by atoms with Crippen LogP contribution in [-0.2, 0) is 17.4 Å². The second kappa shape index (κ2) is 7.86. The Balaban J connectivity index is 0.00000243. The maximum Gasteiger partial charge on any atom is 0.418 e. The summed E-state index contributed by atoms with van der Waals surface area (Å²) in [7, 11) is 0. The Labute approximate surface area is 155 Å². The first kappa shape index (κ1) is 19.9. The van der Waals surface area contributed by atoms with Gasteiger partial charge in [-0.1, -0.05) is 18.2 Å². The lowest BCUT2D eigenvalue weighted by Gasteiger charge is -2.31. The lowest BCUT2D eigenvalue weighted by Crippen LogP contribution is -2.37. The molecule has 1 heterocycles. The van der Waals surface area contributed by atoms with Crippen molar-refractivity contribution in [2.75, 3.05) is 29.0 Å². The van der Waals surface area contributed by atoms with Gasteiger partial charge in [0, 0.05) is 17.9 Å². The third kappa shape index (κ3) is 4.22. The van der Waals surface area contributed by atoms with E-state index in [0.29, 0.717) is 12.2 Å². The van der Waals surface area contributed by atoms with Crippen LogP contribution in [0, 0.1) is 0 Å². The molecule has 2 aromatic carbocycles. The third-order valence-corrected chi connectivity index (χ3v) is 4.22.